The van der Waals surface area contributed by atoms with Gasteiger partial charge in [-0.05, 0) is 35.4 Å². The third kappa shape index (κ3) is 4.84. The van der Waals surface area contributed by atoms with Crippen LogP contribution in [-0.4, -0.2) is 22.0 Å². The van der Waals surface area contributed by atoms with Gasteiger partial charge in [0.25, 0.3) is 0 Å². The van der Waals surface area contributed by atoms with Crippen LogP contribution in [0.15, 0.2) is 72.8 Å². The predicted octanol–water partition coefficient (Wildman–Crippen LogP) is 5.29. The fraction of sp³-hybridized carbons (Fsp3) is 0.167. The lowest BCUT2D eigenvalue weighted by Gasteiger charge is -2.11. The van der Waals surface area contributed by atoms with Crippen LogP contribution in [0.4, 0.5) is 0 Å². The summed E-state index contributed by atoms with van der Waals surface area (Å²) >= 11 is 12.2. The van der Waals surface area contributed by atoms with E-state index in [1.807, 2.05) is 66.7 Å². The number of carbonyl (C=O) groups excluding carboxylic acids is 1. The molecule has 0 saturated carbocycles. The van der Waals surface area contributed by atoms with E-state index in [4.69, 9.17) is 28.2 Å². The molecule has 0 bridgehead atoms. The average molecular weight is 438 g/mol. The van der Waals surface area contributed by atoms with Crippen LogP contribution in [0.1, 0.15) is 17.0 Å². The Hall–Kier alpha value is -2.82. The van der Waals surface area contributed by atoms with Crippen LogP contribution in [0.2, 0.25) is 10.0 Å². The van der Waals surface area contributed by atoms with Crippen molar-refractivity contribution in [3.05, 3.63) is 99.8 Å². The first-order chi connectivity index (χ1) is 14.6. The van der Waals surface area contributed by atoms with E-state index in [9.17, 15) is 4.79 Å². The van der Waals surface area contributed by atoms with E-state index >= 15 is 0 Å². The average Bonchev–Trinajstić information content (AvgIpc) is 3.09. The second kappa shape index (κ2) is 9.33. The molecule has 1 amide bonds. The molecule has 0 aliphatic rings. The van der Waals surface area contributed by atoms with Crippen molar-refractivity contribution in [1.29, 1.82) is 0 Å². The van der Waals surface area contributed by atoms with E-state index < -0.39 is 0 Å². The zero-order chi connectivity index (χ0) is 20.9. The molecule has 0 aliphatic carbocycles. The van der Waals surface area contributed by atoms with E-state index in [1.165, 1.54) is 0 Å². The van der Waals surface area contributed by atoms with Crippen molar-refractivity contribution in [1.82, 2.24) is 14.9 Å². The molecule has 3 aromatic carbocycles. The number of para-hydroxylation sites is 2. The molecule has 1 N–H and O–H groups in total. The standard InChI is InChI=1S/C24H21Cl2N3O/c25-19-11-10-18(14-20(19)26)16-29-22-9-5-4-8-21(22)28-23(29)12-13-27-24(30)15-17-6-2-1-3-7-17/h1-11,14H,12-13,15-16H2,(H,27,30). The molecule has 4 nitrogen and oxygen atoms in total. The molecule has 1 aromatic heterocycles. The molecule has 0 spiro atoms. The number of aromatic nitrogens is 2. The molecule has 0 fully saturated rings. The van der Waals surface area contributed by atoms with Crippen molar-refractivity contribution < 1.29 is 4.79 Å². The number of carbonyl (C=O) groups is 1. The third-order valence-electron chi connectivity index (χ3n) is 4.94. The highest BCUT2D eigenvalue weighted by Gasteiger charge is 2.12. The van der Waals surface area contributed by atoms with Gasteiger partial charge in [0.1, 0.15) is 5.82 Å². The molecule has 0 atom stereocenters. The van der Waals surface area contributed by atoms with Gasteiger partial charge in [-0.2, -0.15) is 0 Å². The van der Waals surface area contributed by atoms with E-state index in [0.717, 1.165) is 28.0 Å². The molecule has 0 unspecified atom stereocenters. The molecule has 0 aliphatic heterocycles. The lowest BCUT2D eigenvalue weighted by Crippen LogP contribution is -2.28. The van der Waals surface area contributed by atoms with E-state index in [2.05, 4.69) is 16.0 Å². The zero-order valence-electron chi connectivity index (χ0n) is 16.3. The molecule has 4 rings (SSSR count). The maximum absolute atomic E-state index is 12.3. The van der Waals surface area contributed by atoms with Gasteiger partial charge in [0, 0.05) is 19.5 Å². The SMILES string of the molecule is O=C(Cc1ccccc1)NCCc1nc2ccccc2n1Cc1ccc(Cl)c(Cl)c1. The molecule has 0 saturated heterocycles. The number of hydrogen-bond donors (Lipinski definition) is 1. The summed E-state index contributed by atoms with van der Waals surface area (Å²) in [6.45, 7) is 1.15. The number of nitrogens with zero attached hydrogens (tertiary/aromatic N) is 2. The quantitative estimate of drug-likeness (QED) is 0.426. The Balaban J connectivity index is 1.48. The molecule has 0 radical (unpaired) electrons. The number of hydrogen-bond acceptors (Lipinski definition) is 2. The van der Waals surface area contributed by atoms with E-state index in [0.29, 0.717) is 36.0 Å². The minimum atomic E-state index is 0.00773. The van der Waals surface area contributed by atoms with Gasteiger partial charge in [0.15, 0.2) is 0 Å². The Morgan fingerprint density at radius 3 is 2.47 bits per heavy atom. The minimum absolute atomic E-state index is 0.00773. The first-order valence-electron chi connectivity index (χ1n) is 9.79. The Bertz CT molecular complexity index is 1170. The number of rotatable bonds is 7. The summed E-state index contributed by atoms with van der Waals surface area (Å²) in [7, 11) is 0. The highest BCUT2D eigenvalue weighted by Crippen LogP contribution is 2.24. The first-order valence-corrected chi connectivity index (χ1v) is 10.5. The molecular weight excluding hydrogens is 417 g/mol. The molecule has 4 aromatic rings. The van der Waals surface area contributed by atoms with Crippen LogP contribution in [-0.2, 0) is 24.2 Å². The lowest BCUT2D eigenvalue weighted by molar-refractivity contribution is -0.120. The predicted molar refractivity (Wildman–Crippen MR) is 122 cm³/mol. The summed E-state index contributed by atoms with van der Waals surface area (Å²) in [5, 5.41) is 4.08. The molecule has 1 heterocycles. The molecule has 30 heavy (non-hydrogen) atoms. The van der Waals surface area contributed by atoms with Gasteiger partial charge in [-0.15, -0.1) is 0 Å². The lowest BCUT2D eigenvalue weighted by atomic mass is 10.1. The monoisotopic (exact) mass is 437 g/mol. The highest BCUT2D eigenvalue weighted by molar-refractivity contribution is 6.42. The van der Waals surface area contributed by atoms with Gasteiger partial charge in [-0.1, -0.05) is 71.7 Å². The summed E-state index contributed by atoms with van der Waals surface area (Å²) in [4.78, 5) is 17.0. The van der Waals surface area contributed by atoms with Crippen molar-refractivity contribution in [3.8, 4) is 0 Å². The highest BCUT2D eigenvalue weighted by atomic mass is 35.5. The number of amides is 1. The Kier molecular flexibility index (Phi) is 6.36. The second-order valence-corrected chi connectivity index (χ2v) is 7.93. The second-order valence-electron chi connectivity index (χ2n) is 7.11. The molecular formula is C24H21Cl2N3O. The summed E-state index contributed by atoms with van der Waals surface area (Å²) < 4.78 is 2.16. The fourth-order valence-electron chi connectivity index (χ4n) is 3.47. The van der Waals surface area contributed by atoms with Crippen molar-refractivity contribution >= 4 is 40.1 Å². The summed E-state index contributed by atoms with van der Waals surface area (Å²) in [6, 6.07) is 23.4. The van der Waals surface area contributed by atoms with Crippen LogP contribution in [0, 0.1) is 0 Å². The smallest absolute Gasteiger partial charge is 0.224 e. The minimum Gasteiger partial charge on any atom is -0.355 e. The van der Waals surface area contributed by atoms with Crippen LogP contribution in [0.5, 0.6) is 0 Å². The zero-order valence-corrected chi connectivity index (χ0v) is 17.8. The van der Waals surface area contributed by atoms with Crippen molar-refractivity contribution in [2.24, 2.45) is 0 Å². The Morgan fingerprint density at radius 2 is 1.67 bits per heavy atom. The maximum atomic E-state index is 12.3. The molecule has 6 heteroatoms. The normalized spacial score (nSPS) is 11.0. The number of nitrogens with one attached hydrogen (secondary N) is 1. The third-order valence-corrected chi connectivity index (χ3v) is 5.68. The van der Waals surface area contributed by atoms with Gasteiger partial charge < -0.3 is 9.88 Å². The maximum Gasteiger partial charge on any atom is 0.224 e. The number of halogens is 2. The van der Waals surface area contributed by atoms with E-state index in [-0.39, 0.29) is 5.91 Å². The Morgan fingerprint density at radius 1 is 0.900 bits per heavy atom. The summed E-state index contributed by atoms with van der Waals surface area (Å²) in [6.07, 6.45) is 1.01. The van der Waals surface area contributed by atoms with Crippen molar-refractivity contribution in [2.75, 3.05) is 6.54 Å². The van der Waals surface area contributed by atoms with E-state index in [1.54, 1.807) is 0 Å². The fourth-order valence-corrected chi connectivity index (χ4v) is 3.79. The van der Waals surface area contributed by atoms with Gasteiger partial charge in [-0.25, -0.2) is 4.98 Å². The molecule has 152 valence electrons. The van der Waals surface area contributed by atoms with Crippen LogP contribution >= 0.6 is 23.2 Å². The van der Waals surface area contributed by atoms with Gasteiger partial charge in [0.2, 0.25) is 5.91 Å². The Labute approximate surface area is 185 Å². The largest absolute Gasteiger partial charge is 0.355 e. The van der Waals surface area contributed by atoms with Crippen molar-refractivity contribution in [2.45, 2.75) is 19.4 Å². The van der Waals surface area contributed by atoms with Crippen LogP contribution < -0.4 is 5.32 Å². The van der Waals surface area contributed by atoms with Gasteiger partial charge >= 0.3 is 0 Å². The van der Waals surface area contributed by atoms with Gasteiger partial charge in [-0.3, -0.25) is 4.79 Å². The van der Waals surface area contributed by atoms with Gasteiger partial charge in [0.05, 0.1) is 27.5 Å². The number of fused-ring (bicyclic) bond motifs is 1. The topological polar surface area (TPSA) is 46.9 Å². The van der Waals surface area contributed by atoms with Crippen LogP contribution in [0.3, 0.4) is 0 Å². The summed E-state index contributed by atoms with van der Waals surface area (Å²) in [5.74, 6) is 0.927. The first kappa shape index (κ1) is 20.5. The van der Waals surface area contributed by atoms with Crippen molar-refractivity contribution in [3.63, 3.8) is 0 Å². The number of imidazole rings is 1. The number of benzene rings is 3. The van der Waals surface area contributed by atoms with Crippen LogP contribution in [0.25, 0.3) is 11.0 Å². The summed E-state index contributed by atoms with van der Waals surface area (Å²) in [5.41, 5.74) is 4.03.